The highest BCUT2D eigenvalue weighted by atomic mass is 35.5. The van der Waals surface area contributed by atoms with Crippen LogP contribution in [0, 0.1) is 6.92 Å². The maximum Gasteiger partial charge on any atom is 0.223 e. The Morgan fingerprint density at radius 3 is 2.33 bits per heavy atom. The van der Waals surface area contributed by atoms with Gasteiger partial charge in [-0.15, -0.1) is 0 Å². The van der Waals surface area contributed by atoms with Crippen LogP contribution in [0.25, 0.3) is 0 Å². The third kappa shape index (κ3) is 4.99. The number of rotatable bonds is 5. The minimum absolute atomic E-state index is 0.00456. The molecule has 1 aliphatic rings. The van der Waals surface area contributed by atoms with Crippen LogP contribution in [-0.2, 0) is 14.6 Å². The van der Waals surface area contributed by atoms with E-state index in [1.165, 1.54) is 0 Å². The number of carbonyl (C=O) groups is 1. The minimum Gasteiger partial charge on any atom is -0.353 e. The van der Waals surface area contributed by atoms with Crippen molar-refractivity contribution in [2.75, 3.05) is 36.8 Å². The van der Waals surface area contributed by atoms with Gasteiger partial charge < -0.3 is 9.80 Å². The lowest BCUT2D eigenvalue weighted by Gasteiger charge is -2.35. The molecule has 0 saturated carbocycles. The molecule has 1 fully saturated rings. The Morgan fingerprint density at radius 1 is 1.07 bits per heavy atom. The summed E-state index contributed by atoms with van der Waals surface area (Å²) in [6.07, 6.45) is 1.60. The molecule has 1 aliphatic heterocycles. The Hall–Kier alpha value is -2.12. The smallest absolute Gasteiger partial charge is 0.223 e. The molecule has 0 unspecified atom stereocenters. The summed E-state index contributed by atoms with van der Waals surface area (Å²) >= 11 is 5.86. The van der Waals surface area contributed by atoms with Crippen LogP contribution in [0.15, 0.2) is 47.5 Å². The predicted octanol–water partition coefficient (Wildman–Crippen LogP) is 2.56. The van der Waals surface area contributed by atoms with Crippen LogP contribution in [-0.4, -0.2) is 56.1 Å². The lowest BCUT2D eigenvalue weighted by Crippen LogP contribution is -2.49. The lowest BCUT2D eigenvalue weighted by molar-refractivity contribution is -0.131. The van der Waals surface area contributed by atoms with Crippen LogP contribution >= 0.6 is 11.6 Å². The third-order valence-electron chi connectivity index (χ3n) is 4.63. The van der Waals surface area contributed by atoms with Crippen molar-refractivity contribution < 1.29 is 13.2 Å². The highest BCUT2D eigenvalue weighted by Crippen LogP contribution is 2.17. The Balaban J connectivity index is 1.52. The van der Waals surface area contributed by atoms with E-state index in [-0.39, 0.29) is 23.0 Å². The number of carbonyl (C=O) groups excluding carboxylic acids is 1. The first-order valence-electron chi connectivity index (χ1n) is 8.79. The van der Waals surface area contributed by atoms with Crippen molar-refractivity contribution in [3.8, 4) is 0 Å². The van der Waals surface area contributed by atoms with Gasteiger partial charge in [-0.3, -0.25) is 4.79 Å². The summed E-state index contributed by atoms with van der Waals surface area (Å²) in [7, 11) is -3.45. The van der Waals surface area contributed by atoms with E-state index >= 15 is 0 Å². The van der Waals surface area contributed by atoms with Gasteiger partial charge in [-0.1, -0.05) is 29.3 Å². The minimum atomic E-state index is -3.45. The summed E-state index contributed by atoms with van der Waals surface area (Å²) in [5.74, 6) is 0.524. The molecule has 6 nitrogen and oxygen atoms in total. The molecular formula is C19H22ClN3O3S. The number of hydrogen-bond donors (Lipinski definition) is 0. The largest absolute Gasteiger partial charge is 0.353 e. The lowest BCUT2D eigenvalue weighted by atomic mass is 10.2. The number of benzene rings is 1. The molecule has 0 N–H and O–H groups in total. The summed E-state index contributed by atoms with van der Waals surface area (Å²) in [4.78, 5) is 20.8. The van der Waals surface area contributed by atoms with Gasteiger partial charge in [0.05, 0.1) is 15.7 Å². The molecule has 2 heterocycles. The van der Waals surface area contributed by atoms with E-state index in [0.717, 1.165) is 11.4 Å². The Bertz CT molecular complexity index is 891. The number of aromatic nitrogens is 1. The number of nitrogens with zero attached hydrogens (tertiary/aromatic N) is 3. The van der Waals surface area contributed by atoms with Gasteiger partial charge in [-0.25, -0.2) is 13.4 Å². The van der Waals surface area contributed by atoms with Gasteiger partial charge in [0, 0.05) is 38.8 Å². The van der Waals surface area contributed by atoms with Gasteiger partial charge >= 0.3 is 0 Å². The molecule has 1 aromatic heterocycles. The van der Waals surface area contributed by atoms with Gasteiger partial charge in [-0.05, 0) is 31.2 Å². The van der Waals surface area contributed by atoms with Crippen LogP contribution in [0.1, 0.15) is 12.0 Å². The number of halogens is 1. The number of anilines is 1. The first-order chi connectivity index (χ1) is 12.8. The number of piperazine rings is 1. The van der Waals surface area contributed by atoms with Crippen LogP contribution in [0.3, 0.4) is 0 Å². The Labute approximate surface area is 164 Å². The molecule has 0 spiro atoms. The summed E-state index contributed by atoms with van der Waals surface area (Å²) in [5, 5.41) is 0.586. The topological polar surface area (TPSA) is 70.6 Å². The second-order valence-electron chi connectivity index (χ2n) is 6.58. The van der Waals surface area contributed by atoms with Crippen molar-refractivity contribution in [3.05, 3.63) is 53.2 Å². The number of aryl methyl sites for hydroxylation is 1. The molecule has 8 heteroatoms. The van der Waals surface area contributed by atoms with E-state index in [1.807, 2.05) is 13.0 Å². The first kappa shape index (κ1) is 19.6. The second-order valence-corrected chi connectivity index (χ2v) is 9.13. The number of sulfone groups is 1. The average Bonchev–Trinajstić information content (AvgIpc) is 2.67. The fraction of sp³-hybridized carbons (Fsp3) is 0.368. The van der Waals surface area contributed by atoms with E-state index in [4.69, 9.17) is 11.6 Å². The molecule has 0 radical (unpaired) electrons. The standard InChI is InChI=1S/C19H22ClN3O3S/c1-15-2-5-17(6-3-15)27(25,26)13-8-19(24)23-11-9-22(10-12-23)18-7-4-16(20)14-21-18/h2-7,14H,8-13H2,1H3. The predicted molar refractivity (Wildman–Crippen MR) is 106 cm³/mol. The second kappa shape index (κ2) is 8.27. The van der Waals surface area contributed by atoms with Crippen molar-refractivity contribution in [2.24, 2.45) is 0 Å². The zero-order valence-corrected chi connectivity index (χ0v) is 16.7. The molecule has 144 valence electrons. The van der Waals surface area contributed by atoms with Crippen LogP contribution in [0.5, 0.6) is 0 Å². The molecular weight excluding hydrogens is 386 g/mol. The number of pyridine rings is 1. The van der Waals surface area contributed by atoms with E-state index in [2.05, 4.69) is 9.88 Å². The zero-order valence-electron chi connectivity index (χ0n) is 15.1. The molecule has 3 rings (SSSR count). The monoisotopic (exact) mass is 407 g/mol. The molecule has 2 aromatic rings. The van der Waals surface area contributed by atoms with E-state index < -0.39 is 9.84 Å². The first-order valence-corrected chi connectivity index (χ1v) is 10.8. The summed E-state index contributed by atoms with van der Waals surface area (Å²) in [5.41, 5.74) is 0.998. The van der Waals surface area contributed by atoms with Gasteiger partial charge in [0.1, 0.15) is 5.82 Å². The fourth-order valence-electron chi connectivity index (χ4n) is 2.98. The average molecular weight is 408 g/mol. The SMILES string of the molecule is Cc1ccc(S(=O)(=O)CCC(=O)N2CCN(c3ccc(Cl)cn3)CC2)cc1. The van der Waals surface area contributed by atoms with Crippen molar-refractivity contribution in [1.82, 2.24) is 9.88 Å². The van der Waals surface area contributed by atoms with E-state index in [9.17, 15) is 13.2 Å². The zero-order chi connectivity index (χ0) is 19.4. The highest BCUT2D eigenvalue weighted by Gasteiger charge is 2.24. The van der Waals surface area contributed by atoms with Gasteiger partial charge in [0.25, 0.3) is 0 Å². The summed E-state index contributed by atoms with van der Waals surface area (Å²) in [6, 6.07) is 10.4. The van der Waals surface area contributed by atoms with Crippen molar-refractivity contribution in [1.29, 1.82) is 0 Å². The molecule has 0 atom stereocenters. The molecule has 1 aromatic carbocycles. The van der Waals surface area contributed by atoms with Crippen molar-refractivity contribution >= 4 is 33.2 Å². The highest BCUT2D eigenvalue weighted by molar-refractivity contribution is 7.91. The molecule has 0 aliphatic carbocycles. The third-order valence-corrected chi connectivity index (χ3v) is 6.59. The maximum atomic E-state index is 12.4. The van der Waals surface area contributed by atoms with Crippen LogP contribution in [0.4, 0.5) is 5.82 Å². The Morgan fingerprint density at radius 2 is 1.74 bits per heavy atom. The quantitative estimate of drug-likeness (QED) is 0.761. The van der Waals surface area contributed by atoms with Crippen molar-refractivity contribution in [2.45, 2.75) is 18.2 Å². The number of amides is 1. The number of hydrogen-bond acceptors (Lipinski definition) is 5. The normalized spacial score (nSPS) is 15.0. The van der Waals surface area contributed by atoms with Gasteiger partial charge in [0.2, 0.25) is 5.91 Å². The van der Waals surface area contributed by atoms with Crippen molar-refractivity contribution in [3.63, 3.8) is 0 Å². The molecule has 27 heavy (non-hydrogen) atoms. The molecule has 1 amide bonds. The Kier molecular flexibility index (Phi) is 6.01. The summed E-state index contributed by atoms with van der Waals surface area (Å²) < 4.78 is 24.8. The van der Waals surface area contributed by atoms with Gasteiger partial charge in [-0.2, -0.15) is 0 Å². The van der Waals surface area contributed by atoms with Crippen LogP contribution < -0.4 is 4.90 Å². The molecule has 1 saturated heterocycles. The molecule has 0 bridgehead atoms. The summed E-state index contributed by atoms with van der Waals surface area (Å²) in [6.45, 7) is 4.32. The maximum absolute atomic E-state index is 12.4. The van der Waals surface area contributed by atoms with E-state index in [1.54, 1.807) is 41.4 Å². The van der Waals surface area contributed by atoms with Crippen LogP contribution in [0.2, 0.25) is 5.02 Å². The van der Waals surface area contributed by atoms with Gasteiger partial charge in [0.15, 0.2) is 9.84 Å². The fourth-order valence-corrected chi connectivity index (χ4v) is 4.32. The van der Waals surface area contributed by atoms with E-state index in [0.29, 0.717) is 31.2 Å².